The van der Waals surface area contributed by atoms with Crippen LogP contribution < -0.4 is 0 Å². The van der Waals surface area contributed by atoms with Gasteiger partial charge < -0.3 is 4.43 Å². The molecular formula is C19H40O2Si. The summed E-state index contributed by atoms with van der Waals surface area (Å²) in [5, 5.41) is 0. The van der Waals surface area contributed by atoms with Crippen LogP contribution >= 0.6 is 0 Å². The maximum atomic E-state index is 11.8. The minimum Gasteiger partial charge on any atom is -0.519 e. The second kappa shape index (κ2) is 13.2. The minimum atomic E-state index is -1.79. The molecule has 0 saturated carbocycles. The van der Waals surface area contributed by atoms with Gasteiger partial charge in [0.05, 0.1) is 0 Å². The molecule has 0 aliphatic carbocycles. The zero-order valence-corrected chi connectivity index (χ0v) is 16.9. The molecule has 0 aromatic carbocycles. The second-order valence-corrected chi connectivity index (χ2v) is 12.1. The standard InChI is InChI=1S/C19H40O2Si/c1-6-7-8-9-10-11-12-13-14-15-16-17-19(20)21-22(4,5)18(2)3/h18H,6-17H2,1-5H3. The Morgan fingerprint density at radius 1 is 0.818 bits per heavy atom. The Morgan fingerprint density at radius 3 is 1.64 bits per heavy atom. The minimum absolute atomic E-state index is 0.0290. The SMILES string of the molecule is CCCCCCCCCCCCCC(=O)O[Si](C)(C)C(C)C. The quantitative estimate of drug-likeness (QED) is 0.257. The molecule has 0 aliphatic heterocycles. The highest BCUT2D eigenvalue weighted by Crippen LogP contribution is 2.22. The van der Waals surface area contributed by atoms with Crippen LogP contribution in [-0.4, -0.2) is 14.3 Å². The van der Waals surface area contributed by atoms with Gasteiger partial charge in [-0.2, -0.15) is 0 Å². The Morgan fingerprint density at radius 2 is 1.23 bits per heavy atom. The van der Waals surface area contributed by atoms with E-state index in [1.807, 2.05) is 0 Å². The van der Waals surface area contributed by atoms with Gasteiger partial charge in [-0.3, -0.25) is 4.79 Å². The summed E-state index contributed by atoms with van der Waals surface area (Å²) in [7, 11) is -1.79. The molecule has 0 spiro atoms. The molecule has 0 heterocycles. The Labute approximate surface area is 140 Å². The van der Waals surface area contributed by atoms with E-state index in [1.165, 1.54) is 64.2 Å². The molecule has 0 aromatic heterocycles. The van der Waals surface area contributed by atoms with E-state index in [4.69, 9.17) is 4.43 Å². The van der Waals surface area contributed by atoms with Gasteiger partial charge in [0.1, 0.15) is 0 Å². The molecule has 0 saturated heterocycles. The summed E-state index contributed by atoms with van der Waals surface area (Å²) in [6.07, 6.45) is 15.1. The predicted octanol–water partition coefficient (Wildman–Crippen LogP) is 6.85. The molecule has 0 atom stereocenters. The van der Waals surface area contributed by atoms with Crippen LogP contribution in [0, 0.1) is 0 Å². The Balaban J connectivity index is 3.37. The van der Waals surface area contributed by atoms with Gasteiger partial charge in [0.2, 0.25) is 0 Å². The van der Waals surface area contributed by atoms with Crippen LogP contribution in [0.1, 0.15) is 97.8 Å². The lowest BCUT2D eigenvalue weighted by Crippen LogP contribution is -2.36. The highest BCUT2D eigenvalue weighted by atomic mass is 28.4. The average Bonchev–Trinajstić information content (AvgIpc) is 2.44. The maximum Gasteiger partial charge on any atom is 0.292 e. The molecule has 0 fully saturated rings. The molecule has 0 bridgehead atoms. The molecule has 2 nitrogen and oxygen atoms in total. The third kappa shape index (κ3) is 12.3. The predicted molar refractivity (Wildman–Crippen MR) is 99.8 cm³/mol. The summed E-state index contributed by atoms with van der Waals surface area (Å²) in [6, 6.07) is 0. The fourth-order valence-corrected chi connectivity index (χ4v) is 3.32. The first-order valence-corrected chi connectivity index (χ1v) is 12.6. The van der Waals surface area contributed by atoms with E-state index in [0.717, 1.165) is 6.42 Å². The smallest absolute Gasteiger partial charge is 0.292 e. The normalized spacial score (nSPS) is 11.9. The maximum absolute atomic E-state index is 11.8. The fourth-order valence-electron chi connectivity index (χ4n) is 2.40. The molecule has 22 heavy (non-hydrogen) atoms. The van der Waals surface area contributed by atoms with Crippen molar-refractivity contribution < 1.29 is 9.22 Å². The van der Waals surface area contributed by atoms with Crippen molar-refractivity contribution in [1.29, 1.82) is 0 Å². The lowest BCUT2D eigenvalue weighted by Gasteiger charge is -2.26. The van der Waals surface area contributed by atoms with E-state index in [9.17, 15) is 4.79 Å². The number of unbranched alkanes of at least 4 members (excludes halogenated alkanes) is 10. The van der Waals surface area contributed by atoms with Gasteiger partial charge in [-0.15, -0.1) is 0 Å². The van der Waals surface area contributed by atoms with Crippen molar-refractivity contribution >= 4 is 14.3 Å². The lowest BCUT2D eigenvalue weighted by molar-refractivity contribution is -0.135. The van der Waals surface area contributed by atoms with E-state index in [1.54, 1.807) is 0 Å². The summed E-state index contributed by atoms with van der Waals surface area (Å²) in [5.74, 6) is 0.0290. The molecule has 0 aromatic rings. The molecular weight excluding hydrogens is 288 g/mol. The number of carbonyl (C=O) groups is 1. The van der Waals surface area contributed by atoms with E-state index >= 15 is 0 Å². The van der Waals surface area contributed by atoms with Crippen LogP contribution in [0.25, 0.3) is 0 Å². The van der Waals surface area contributed by atoms with Crippen LogP contribution in [0.5, 0.6) is 0 Å². The topological polar surface area (TPSA) is 26.3 Å². The number of rotatable bonds is 14. The summed E-state index contributed by atoms with van der Waals surface area (Å²) in [6.45, 7) is 10.8. The third-order valence-corrected chi connectivity index (χ3v) is 8.29. The first-order valence-electron chi connectivity index (χ1n) is 9.62. The largest absolute Gasteiger partial charge is 0.519 e. The summed E-state index contributed by atoms with van der Waals surface area (Å²) < 4.78 is 5.69. The van der Waals surface area contributed by atoms with Gasteiger partial charge in [0, 0.05) is 6.42 Å². The third-order valence-electron chi connectivity index (χ3n) is 4.75. The van der Waals surface area contributed by atoms with E-state index < -0.39 is 8.32 Å². The van der Waals surface area contributed by atoms with Gasteiger partial charge in [0.25, 0.3) is 14.3 Å². The van der Waals surface area contributed by atoms with Crippen molar-refractivity contribution in [1.82, 2.24) is 0 Å². The first kappa shape index (κ1) is 21.7. The molecule has 132 valence electrons. The molecule has 0 N–H and O–H groups in total. The highest BCUT2D eigenvalue weighted by molar-refractivity contribution is 6.73. The van der Waals surface area contributed by atoms with Crippen LogP contribution in [0.2, 0.25) is 18.6 Å². The van der Waals surface area contributed by atoms with Gasteiger partial charge in [0.15, 0.2) is 0 Å². The first-order chi connectivity index (χ1) is 10.4. The van der Waals surface area contributed by atoms with E-state index in [-0.39, 0.29) is 5.97 Å². The fraction of sp³-hybridized carbons (Fsp3) is 0.947. The van der Waals surface area contributed by atoms with E-state index in [0.29, 0.717) is 12.0 Å². The summed E-state index contributed by atoms with van der Waals surface area (Å²) in [4.78, 5) is 11.8. The molecule has 3 heteroatoms. The van der Waals surface area contributed by atoms with Gasteiger partial charge in [-0.1, -0.05) is 85.0 Å². The van der Waals surface area contributed by atoms with Crippen LogP contribution in [0.3, 0.4) is 0 Å². The molecule has 0 radical (unpaired) electrons. The Bertz CT molecular complexity index is 275. The van der Waals surface area contributed by atoms with Crippen molar-refractivity contribution in [2.75, 3.05) is 0 Å². The lowest BCUT2D eigenvalue weighted by atomic mass is 10.1. The molecule has 0 rings (SSSR count). The number of hydrogen-bond donors (Lipinski definition) is 0. The van der Waals surface area contributed by atoms with Gasteiger partial charge in [-0.25, -0.2) is 0 Å². The zero-order chi connectivity index (χ0) is 16.8. The summed E-state index contributed by atoms with van der Waals surface area (Å²) in [5.41, 5.74) is 0.494. The van der Waals surface area contributed by atoms with Crippen LogP contribution in [-0.2, 0) is 9.22 Å². The number of carbonyl (C=O) groups excluding carboxylic acids is 1. The monoisotopic (exact) mass is 328 g/mol. The van der Waals surface area contributed by atoms with Crippen molar-refractivity contribution in [2.24, 2.45) is 0 Å². The average molecular weight is 329 g/mol. The van der Waals surface area contributed by atoms with Crippen molar-refractivity contribution in [3.8, 4) is 0 Å². The Kier molecular flexibility index (Phi) is 13.0. The van der Waals surface area contributed by atoms with Gasteiger partial charge in [-0.05, 0) is 25.1 Å². The Hall–Kier alpha value is -0.313. The van der Waals surface area contributed by atoms with Crippen LogP contribution in [0.15, 0.2) is 0 Å². The molecule has 0 amide bonds. The highest BCUT2D eigenvalue weighted by Gasteiger charge is 2.30. The van der Waals surface area contributed by atoms with Crippen molar-refractivity contribution in [3.63, 3.8) is 0 Å². The molecule has 0 unspecified atom stereocenters. The second-order valence-electron chi connectivity index (χ2n) is 7.52. The van der Waals surface area contributed by atoms with Crippen LogP contribution in [0.4, 0.5) is 0 Å². The summed E-state index contributed by atoms with van der Waals surface area (Å²) >= 11 is 0. The van der Waals surface area contributed by atoms with Crippen molar-refractivity contribution in [2.45, 2.75) is 116 Å². The number of hydrogen-bond acceptors (Lipinski definition) is 2. The van der Waals surface area contributed by atoms with Gasteiger partial charge >= 0.3 is 0 Å². The zero-order valence-electron chi connectivity index (χ0n) is 15.9. The molecule has 0 aliphatic rings. The van der Waals surface area contributed by atoms with Crippen molar-refractivity contribution in [3.05, 3.63) is 0 Å². The van der Waals surface area contributed by atoms with E-state index in [2.05, 4.69) is 33.9 Å².